The highest BCUT2D eigenvalue weighted by molar-refractivity contribution is 7.52. The number of halogens is 2. The van der Waals surface area contributed by atoms with Crippen LogP contribution in [0, 0.1) is 0 Å². The van der Waals surface area contributed by atoms with Crippen LogP contribution < -0.4 is 21.0 Å². The van der Waals surface area contributed by atoms with Gasteiger partial charge in [-0.05, 0) is 30.7 Å². The zero-order valence-electron chi connectivity index (χ0n) is 21.1. The molecule has 0 saturated carbocycles. The zero-order chi connectivity index (χ0) is 28.9. The molecule has 12 nitrogen and oxygen atoms in total. The van der Waals surface area contributed by atoms with Gasteiger partial charge in [0.25, 0.3) is 0 Å². The van der Waals surface area contributed by atoms with E-state index in [-0.39, 0.29) is 18.2 Å². The number of nitrogen functional groups attached to an aromatic ring is 1. The maximum Gasteiger partial charge on any atom is 0.459 e. The Kier molecular flexibility index (Phi) is 8.96. The van der Waals surface area contributed by atoms with Gasteiger partial charge in [-0.1, -0.05) is 48.5 Å². The first-order valence-electron chi connectivity index (χ1n) is 12.0. The van der Waals surface area contributed by atoms with Crippen molar-refractivity contribution in [3.63, 3.8) is 0 Å². The summed E-state index contributed by atoms with van der Waals surface area (Å²) in [7, 11) is -4.46. The van der Waals surface area contributed by atoms with Gasteiger partial charge in [0.15, 0.2) is 6.10 Å². The SMILES string of the molecule is C[C@H](N[P@](=O)(OC[C@H]1OC(n2ccc(N)nc2=O)C(F)(F)[C@@H]1O)Oc1ccccc1)C(=O)OCc1ccccc1. The Hall–Kier alpha value is -3.68. The van der Waals surface area contributed by atoms with Gasteiger partial charge in [0.05, 0.1) is 6.61 Å². The van der Waals surface area contributed by atoms with Gasteiger partial charge in [-0.25, -0.2) is 9.36 Å². The lowest BCUT2D eigenvalue weighted by Gasteiger charge is -2.24. The van der Waals surface area contributed by atoms with E-state index in [0.717, 1.165) is 17.8 Å². The number of rotatable bonds is 11. The summed E-state index contributed by atoms with van der Waals surface area (Å²) in [5.41, 5.74) is 5.01. The van der Waals surface area contributed by atoms with Gasteiger partial charge in [-0.2, -0.15) is 18.9 Å². The van der Waals surface area contributed by atoms with Crippen LogP contribution in [0.2, 0.25) is 0 Å². The molecule has 2 heterocycles. The van der Waals surface area contributed by atoms with Crippen LogP contribution in [-0.4, -0.2) is 51.4 Å². The Morgan fingerprint density at radius 1 is 1.20 bits per heavy atom. The third-order valence-corrected chi connectivity index (χ3v) is 7.43. The van der Waals surface area contributed by atoms with Crippen LogP contribution in [0.15, 0.2) is 77.7 Å². The fourth-order valence-electron chi connectivity index (χ4n) is 3.74. The Bertz CT molecular complexity index is 1410. The number of hydrogen-bond donors (Lipinski definition) is 3. The lowest BCUT2D eigenvalue weighted by molar-refractivity contribution is -0.146. The number of alkyl halides is 2. The van der Waals surface area contributed by atoms with Crippen molar-refractivity contribution < 1.29 is 41.8 Å². The van der Waals surface area contributed by atoms with E-state index in [9.17, 15) is 28.0 Å². The van der Waals surface area contributed by atoms with Crippen molar-refractivity contribution in [2.75, 3.05) is 12.3 Å². The Labute approximate surface area is 227 Å². The molecule has 4 N–H and O–H groups in total. The van der Waals surface area contributed by atoms with E-state index in [1.165, 1.54) is 19.1 Å². The van der Waals surface area contributed by atoms with E-state index < -0.39 is 56.4 Å². The molecule has 1 unspecified atom stereocenters. The van der Waals surface area contributed by atoms with Gasteiger partial charge >= 0.3 is 25.3 Å². The van der Waals surface area contributed by atoms with Crippen LogP contribution in [0.4, 0.5) is 14.6 Å². The molecular weight excluding hydrogens is 553 g/mol. The van der Waals surface area contributed by atoms with Crippen LogP contribution in [0.3, 0.4) is 0 Å². The molecule has 0 bridgehead atoms. The van der Waals surface area contributed by atoms with Gasteiger partial charge in [0.2, 0.25) is 6.23 Å². The van der Waals surface area contributed by atoms with Gasteiger partial charge < -0.3 is 24.8 Å². The predicted octanol–water partition coefficient (Wildman–Crippen LogP) is 2.64. The van der Waals surface area contributed by atoms with Crippen LogP contribution in [0.5, 0.6) is 5.75 Å². The second-order valence-corrected chi connectivity index (χ2v) is 10.5. The normalized spacial score (nSPS) is 22.2. The number of carbonyl (C=O) groups excluding carboxylic acids is 1. The predicted molar refractivity (Wildman–Crippen MR) is 137 cm³/mol. The molecule has 0 spiro atoms. The number of benzene rings is 2. The Morgan fingerprint density at radius 2 is 1.85 bits per heavy atom. The molecule has 40 heavy (non-hydrogen) atoms. The van der Waals surface area contributed by atoms with Crippen LogP contribution in [0.1, 0.15) is 18.7 Å². The number of aliphatic hydroxyl groups excluding tert-OH is 1. The van der Waals surface area contributed by atoms with E-state index in [0.29, 0.717) is 4.57 Å². The number of aliphatic hydroxyl groups is 1. The summed E-state index contributed by atoms with van der Waals surface area (Å²) in [6.45, 7) is 0.435. The highest BCUT2D eigenvalue weighted by atomic mass is 31.2. The third-order valence-electron chi connectivity index (χ3n) is 5.79. The number of carbonyl (C=O) groups is 1. The van der Waals surface area contributed by atoms with Gasteiger partial charge in [-0.3, -0.25) is 13.9 Å². The lowest BCUT2D eigenvalue weighted by Crippen LogP contribution is -2.42. The molecule has 2 aromatic carbocycles. The molecule has 1 aliphatic heterocycles. The van der Waals surface area contributed by atoms with E-state index in [2.05, 4.69) is 10.1 Å². The molecule has 0 radical (unpaired) electrons. The number of anilines is 1. The summed E-state index contributed by atoms with van der Waals surface area (Å²) in [5, 5.41) is 12.7. The van der Waals surface area contributed by atoms with Crippen molar-refractivity contribution in [2.24, 2.45) is 0 Å². The number of nitrogens with two attached hydrogens (primary N) is 1. The molecule has 3 aromatic rings. The minimum Gasteiger partial charge on any atom is -0.460 e. The molecular formula is C25H27F2N4O8P. The van der Waals surface area contributed by atoms with Crippen LogP contribution in [0.25, 0.3) is 0 Å². The zero-order valence-corrected chi connectivity index (χ0v) is 22.0. The Balaban J connectivity index is 1.47. The third kappa shape index (κ3) is 6.90. The van der Waals surface area contributed by atoms with E-state index in [1.807, 2.05) is 0 Å². The van der Waals surface area contributed by atoms with Crippen molar-refractivity contribution >= 4 is 19.5 Å². The monoisotopic (exact) mass is 580 g/mol. The average molecular weight is 580 g/mol. The van der Waals surface area contributed by atoms with Crippen LogP contribution in [-0.2, 0) is 30.0 Å². The van der Waals surface area contributed by atoms with Crippen molar-refractivity contribution in [2.45, 2.75) is 43.9 Å². The first kappa shape index (κ1) is 29.3. The lowest BCUT2D eigenvalue weighted by atomic mass is 10.1. The second-order valence-electron chi connectivity index (χ2n) is 8.83. The molecule has 5 atom stereocenters. The Morgan fingerprint density at radius 3 is 2.50 bits per heavy atom. The first-order chi connectivity index (χ1) is 19.0. The maximum absolute atomic E-state index is 14.9. The molecule has 0 amide bonds. The minimum absolute atomic E-state index is 0.0473. The summed E-state index contributed by atoms with van der Waals surface area (Å²) in [5.74, 6) is -4.85. The molecule has 1 fully saturated rings. The summed E-state index contributed by atoms with van der Waals surface area (Å²) in [6, 6.07) is 16.5. The van der Waals surface area contributed by atoms with Crippen molar-refractivity contribution in [3.8, 4) is 5.75 Å². The smallest absolute Gasteiger partial charge is 0.459 e. The first-order valence-corrected chi connectivity index (χ1v) is 13.6. The number of nitrogens with zero attached hydrogens (tertiary/aromatic N) is 2. The topological polar surface area (TPSA) is 164 Å². The molecule has 4 rings (SSSR count). The summed E-state index contributed by atoms with van der Waals surface area (Å²) in [6.07, 6.45) is -5.50. The van der Waals surface area contributed by atoms with E-state index in [1.54, 1.807) is 48.5 Å². The second kappa shape index (κ2) is 12.2. The minimum atomic E-state index is -4.46. The molecule has 214 valence electrons. The largest absolute Gasteiger partial charge is 0.460 e. The van der Waals surface area contributed by atoms with Crippen molar-refractivity contribution in [1.82, 2.24) is 14.6 Å². The summed E-state index contributed by atoms with van der Waals surface area (Å²) >= 11 is 0. The number of ether oxygens (including phenoxy) is 2. The van der Waals surface area contributed by atoms with Crippen molar-refractivity contribution in [1.29, 1.82) is 0 Å². The fraction of sp³-hybridized carbons (Fsp3) is 0.320. The number of hydrogen-bond acceptors (Lipinski definition) is 10. The van der Waals surface area contributed by atoms with E-state index in [4.69, 9.17) is 24.3 Å². The fourth-order valence-corrected chi connectivity index (χ4v) is 5.24. The van der Waals surface area contributed by atoms with Crippen LogP contribution >= 0.6 is 7.75 Å². The molecule has 1 aromatic heterocycles. The number of esters is 1. The van der Waals surface area contributed by atoms with Gasteiger partial charge in [-0.15, -0.1) is 0 Å². The number of nitrogens with one attached hydrogen (secondary N) is 1. The van der Waals surface area contributed by atoms with E-state index >= 15 is 0 Å². The molecule has 15 heteroatoms. The number of aromatic nitrogens is 2. The summed E-state index contributed by atoms with van der Waals surface area (Å²) in [4.78, 5) is 28.1. The average Bonchev–Trinajstić information content (AvgIpc) is 3.15. The molecule has 0 aliphatic carbocycles. The number of para-hydroxylation sites is 1. The van der Waals surface area contributed by atoms with Gasteiger partial charge in [0, 0.05) is 6.20 Å². The highest BCUT2D eigenvalue weighted by Gasteiger charge is 2.60. The highest BCUT2D eigenvalue weighted by Crippen LogP contribution is 2.48. The standard InChI is InChI=1S/C25H27F2N4O8P/c1-16(22(33)36-14-17-8-4-2-5-9-17)30-40(35,39-18-10-6-3-7-11-18)37-15-19-21(32)25(26,27)23(38-19)31-13-12-20(28)29-24(31)34/h2-13,16,19,21,23,32H,14-15H2,1H3,(H,30,35)(H2,28,29,34)/t16-,19+,21+,23?,40-/m0/s1. The molecule has 1 aliphatic rings. The molecule has 1 saturated heterocycles. The maximum atomic E-state index is 14.9. The quantitative estimate of drug-likeness (QED) is 0.226. The summed E-state index contributed by atoms with van der Waals surface area (Å²) < 4.78 is 65.3. The van der Waals surface area contributed by atoms with Gasteiger partial charge in [0.1, 0.15) is 30.3 Å². The van der Waals surface area contributed by atoms with Crippen molar-refractivity contribution in [3.05, 3.63) is 89.0 Å².